The van der Waals surface area contributed by atoms with Crippen LogP contribution in [-0.4, -0.2) is 27.4 Å². The van der Waals surface area contributed by atoms with Crippen LogP contribution in [-0.2, 0) is 17.1 Å². The standard InChI is InChI=1S/C11H16N4O2S/c1-7-6-8(2)15(12-7)18(16,17)11-9(3)13-14(5)10(11)4/h6H,1-5H3. The zero-order valence-electron chi connectivity index (χ0n) is 11.1. The predicted octanol–water partition coefficient (Wildman–Crippen LogP) is 1.09. The minimum absolute atomic E-state index is 0.233. The molecule has 0 aromatic carbocycles. The molecule has 2 heterocycles. The van der Waals surface area contributed by atoms with Gasteiger partial charge in [0, 0.05) is 7.05 Å². The van der Waals surface area contributed by atoms with Crippen LogP contribution in [0.1, 0.15) is 22.8 Å². The molecule has 0 atom stereocenters. The second-order valence-electron chi connectivity index (χ2n) is 4.40. The van der Waals surface area contributed by atoms with Crippen LogP contribution in [0.4, 0.5) is 0 Å². The Balaban J connectivity index is 2.73. The summed E-state index contributed by atoms with van der Waals surface area (Å²) in [5, 5.41) is 8.18. The topological polar surface area (TPSA) is 69.8 Å². The zero-order valence-corrected chi connectivity index (χ0v) is 11.9. The first-order chi connectivity index (χ1) is 8.25. The fourth-order valence-corrected chi connectivity index (χ4v) is 3.83. The Morgan fingerprint density at radius 3 is 2.11 bits per heavy atom. The van der Waals surface area contributed by atoms with Crippen molar-refractivity contribution in [2.75, 3.05) is 0 Å². The van der Waals surface area contributed by atoms with Gasteiger partial charge in [0.15, 0.2) is 0 Å². The van der Waals surface area contributed by atoms with Crippen molar-refractivity contribution in [1.82, 2.24) is 19.0 Å². The van der Waals surface area contributed by atoms with Crippen LogP contribution in [0.3, 0.4) is 0 Å². The van der Waals surface area contributed by atoms with E-state index in [0.29, 0.717) is 22.8 Å². The minimum Gasteiger partial charge on any atom is -0.271 e. The third kappa shape index (κ3) is 1.74. The molecule has 0 radical (unpaired) electrons. The van der Waals surface area contributed by atoms with Gasteiger partial charge >= 0.3 is 0 Å². The smallest absolute Gasteiger partial charge is 0.271 e. The molecule has 7 heteroatoms. The summed E-state index contributed by atoms with van der Waals surface area (Å²) in [6, 6.07) is 1.73. The van der Waals surface area contributed by atoms with Crippen molar-refractivity contribution in [2.24, 2.45) is 7.05 Å². The van der Waals surface area contributed by atoms with Crippen LogP contribution < -0.4 is 0 Å². The van der Waals surface area contributed by atoms with Gasteiger partial charge in [0.25, 0.3) is 10.0 Å². The molecule has 2 aromatic heterocycles. The molecule has 0 aliphatic rings. The van der Waals surface area contributed by atoms with Crippen LogP contribution in [0.5, 0.6) is 0 Å². The molecular weight excluding hydrogens is 252 g/mol. The molecule has 0 amide bonds. The van der Waals surface area contributed by atoms with Crippen molar-refractivity contribution >= 4 is 10.0 Å². The van der Waals surface area contributed by atoms with E-state index >= 15 is 0 Å². The number of hydrogen-bond donors (Lipinski definition) is 0. The Morgan fingerprint density at radius 1 is 1.11 bits per heavy atom. The molecule has 0 aliphatic heterocycles. The number of aromatic nitrogens is 4. The molecule has 0 saturated heterocycles. The van der Waals surface area contributed by atoms with Crippen molar-refractivity contribution in [2.45, 2.75) is 32.6 Å². The molecule has 0 unspecified atom stereocenters. The molecule has 18 heavy (non-hydrogen) atoms. The molecule has 0 N–H and O–H groups in total. The maximum atomic E-state index is 12.6. The molecule has 98 valence electrons. The van der Waals surface area contributed by atoms with Crippen LogP contribution in [0, 0.1) is 27.7 Å². The largest absolute Gasteiger partial charge is 0.286 e. The molecule has 6 nitrogen and oxygen atoms in total. The van der Waals surface area contributed by atoms with E-state index in [-0.39, 0.29) is 4.90 Å². The molecule has 0 saturated carbocycles. The van der Waals surface area contributed by atoms with Crippen molar-refractivity contribution < 1.29 is 8.42 Å². The van der Waals surface area contributed by atoms with Crippen molar-refractivity contribution in [3.63, 3.8) is 0 Å². The van der Waals surface area contributed by atoms with Gasteiger partial charge in [0.2, 0.25) is 0 Å². The Bertz CT molecular complexity index is 710. The highest BCUT2D eigenvalue weighted by Crippen LogP contribution is 2.22. The molecule has 2 aromatic rings. The van der Waals surface area contributed by atoms with E-state index in [2.05, 4.69) is 10.2 Å². The molecule has 0 aliphatic carbocycles. The SMILES string of the molecule is Cc1cc(C)n(S(=O)(=O)c2c(C)nn(C)c2C)n1. The molecule has 0 spiro atoms. The summed E-state index contributed by atoms with van der Waals surface area (Å²) >= 11 is 0. The van der Waals surface area contributed by atoms with Crippen LogP contribution >= 0.6 is 0 Å². The van der Waals surface area contributed by atoms with Crippen molar-refractivity contribution in [1.29, 1.82) is 0 Å². The quantitative estimate of drug-likeness (QED) is 0.817. The lowest BCUT2D eigenvalue weighted by Crippen LogP contribution is -2.17. The first kappa shape index (κ1) is 12.8. The third-order valence-electron chi connectivity index (χ3n) is 2.90. The maximum Gasteiger partial charge on any atom is 0.286 e. The Morgan fingerprint density at radius 2 is 1.72 bits per heavy atom. The summed E-state index contributed by atoms with van der Waals surface area (Å²) in [6.45, 7) is 6.91. The average molecular weight is 268 g/mol. The van der Waals surface area contributed by atoms with E-state index in [0.717, 1.165) is 4.09 Å². The fraction of sp³-hybridized carbons (Fsp3) is 0.455. The van der Waals surface area contributed by atoms with Crippen LogP contribution in [0.15, 0.2) is 11.0 Å². The van der Waals surface area contributed by atoms with Gasteiger partial charge in [-0.3, -0.25) is 4.68 Å². The molecule has 0 bridgehead atoms. The summed E-state index contributed by atoms with van der Waals surface area (Å²) in [5.74, 6) is 0. The van der Waals surface area contributed by atoms with E-state index < -0.39 is 10.0 Å². The van der Waals surface area contributed by atoms with Gasteiger partial charge in [-0.25, -0.2) is 0 Å². The van der Waals surface area contributed by atoms with E-state index in [9.17, 15) is 8.42 Å². The van der Waals surface area contributed by atoms with Gasteiger partial charge in [-0.05, 0) is 33.8 Å². The van der Waals surface area contributed by atoms with Crippen LogP contribution in [0.2, 0.25) is 0 Å². The summed E-state index contributed by atoms with van der Waals surface area (Å²) in [6.07, 6.45) is 0. The zero-order chi connectivity index (χ0) is 13.7. The van der Waals surface area contributed by atoms with E-state index in [1.54, 1.807) is 45.5 Å². The van der Waals surface area contributed by atoms with Crippen LogP contribution in [0.25, 0.3) is 0 Å². The Hall–Kier alpha value is -1.63. The van der Waals surface area contributed by atoms with E-state index in [4.69, 9.17) is 0 Å². The van der Waals surface area contributed by atoms with E-state index in [1.165, 1.54) is 0 Å². The molecule has 2 rings (SSSR count). The lowest BCUT2D eigenvalue weighted by Gasteiger charge is -2.06. The highest BCUT2D eigenvalue weighted by atomic mass is 32.2. The van der Waals surface area contributed by atoms with Gasteiger partial charge in [-0.15, -0.1) is 0 Å². The number of aryl methyl sites for hydroxylation is 4. The van der Waals surface area contributed by atoms with Crippen molar-refractivity contribution in [3.8, 4) is 0 Å². The van der Waals surface area contributed by atoms with Crippen molar-refractivity contribution in [3.05, 3.63) is 28.8 Å². The monoisotopic (exact) mass is 268 g/mol. The second-order valence-corrected chi connectivity index (χ2v) is 6.10. The first-order valence-corrected chi connectivity index (χ1v) is 6.98. The maximum absolute atomic E-state index is 12.6. The van der Waals surface area contributed by atoms with Gasteiger partial charge in [0.05, 0.1) is 22.8 Å². The normalized spacial score (nSPS) is 12.1. The third-order valence-corrected chi connectivity index (χ3v) is 4.83. The highest BCUT2D eigenvalue weighted by molar-refractivity contribution is 7.90. The van der Waals surface area contributed by atoms with Gasteiger partial charge in [0.1, 0.15) is 4.90 Å². The highest BCUT2D eigenvalue weighted by Gasteiger charge is 2.27. The summed E-state index contributed by atoms with van der Waals surface area (Å²) in [4.78, 5) is 0.233. The Kier molecular flexibility index (Phi) is 2.81. The molecule has 0 fully saturated rings. The number of hydrogen-bond acceptors (Lipinski definition) is 4. The lowest BCUT2D eigenvalue weighted by atomic mass is 10.4. The fourth-order valence-electron chi connectivity index (χ4n) is 2.07. The predicted molar refractivity (Wildman–Crippen MR) is 67.0 cm³/mol. The Labute approximate surface area is 106 Å². The second kappa shape index (κ2) is 3.94. The summed E-state index contributed by atoms with van der Waals surface area (Å²) in [7, 11) is -1.94. The number of rotatable bonds is 2. The first-order valence-electron chi connectivity index (χ1n) is 5.54. The average Bonchev–Trinajstić information content (AvgIpc) is 2.69. The lowest BCUT2D eigenvalue weighted by molar-refractivity contribution is 0.576. The van der Waals surface area contributed by atoms with Gasteiger partial charge in [-0.2, -0.15) is 22.7 Å². The van der Waals surface area contributed by atoms with Gasteiger partial charge < -0.3 is 0 Å². The van der Waals surface area contributed by atoms with Gasteiger partial charge in [-0.1, -0.05) is 0 Å². The summed E-state index contributed by atoms with van der Waals surface area (Å²) in [5.41, 5.74) is 2.37. The summed E-state index contributed by atoms with van der Waals surface area (Å²) < 4.78 is 27.8. The molecular formula is C11H16N4O2S. The number of nitrogens with zero attached hydrogens (tertiary/aromatic N) is 4. The minimum atomic E-state index is -3.67. The van der Waals surface area contributed by atoms with E-state index in [1.807, 2.05) is 0 Å².